The van der Waals surface area contributed by atoms with Gasteiger partial charge in [-0.2, -0.15) is 25.3 Å². The van der Waals surface area contributed by atoms with Gasteiger partial charge in [0, 0.05) is 11.5 Å². The minimum atomic E-state index is -0.117. The molecule has 0 saturated carbocycles. The molecule has 1 rings (SSSR count). The summed E-state index contributed by atoms with van der Waals surface area (Å²) >= 11 is 8.06. The molecular weight excluding hydrogens is 168 g/mol. The summed E-state index contributed by atoms with van der Waals surface area (Å²) in [6, 6.07) is 0. The van der Waals surface area contributed by atoms with Crippen LogP contribution in [0.2, 0.25) is 0 Å². The van der Waals surface area contributed by atoms with Crippen LogP contribution in [-0.4, -0.2) is 23.6 Å². The summed E-state index contributed by atoms with van der Waals surface area (Å²) in [7, 11) is 0. The van der Waals surface area contributed by atoms with Gasteiger partial charge in [-0.25, -0.2) is 0 Å². The van der Waals surface area contributed by atoms with Crippen LogP contribution >= 0.6 is 25.3 Å². The zero-order chi connectivity index (χ0) is 7.56. The molecule has 0 aromatic heterocycles. The van der Waals surface area contributed by atoms with Crippen molar-refractivity contribution in [2.45, 2.75) is 12.5 Å². The maximum absolute atomic E-state index is 10.9. The summed E-state index contributed by atoms with van der Waals surface area (Å²) < 4.78 is 4.95. The third-order valence-corrected chi connectivity index (χ3v) is 2.44. The van der Waals surface area contributed by atoms with Gasteiger partial charge >= 0.3 is 5.97 Å². The van der Waals surface area contributed by atoms with Crippen molar-refractivity contribution >= 4 is 31.2 Å². The fraction of sp³-hybridized carbons (Fsp3) is 0.833. The van der Waals surface area contributed by atoms with E-state index in [2.05, 4.69) is 25.3 Å². The van der Waals surface area contributed by atoms with E-state index >= 15 is 0 Å². The number of ether oxygens (including phenoxy) is 1. The van der Waals surface area contributed by atoms with Crippen LogP contribution in [0.1, 0.15) is 6.42 Å². The maximum atomic E-state index is 10.9. The Hall–Kier alpha value is 0.170. The molecule has 1 heterocycles. The number of hydrogen-bond donors (Lipinski definition) is 2. The van der Waals surface area contributed by atoms with Crippen LogP contribution < -0.4 is 0 Å². The molecule has 0 bridgehead atoms. The first kappa shape index (κ1) is 8.27. The van der Waals surface area contributed by atoms with E-state index < -0.39 is 0 Å². The largest absolute Gasteiger partial charge is 0.461 e. The van der Waals surface area contributed by atoms with Gasteiger partial charge in [-0.15, -0.1) is 0 Å². The van der Waals surface area contributed by atoms with E-state index in [1.54, 1.807) is 0 Å². The van der Waals surface area contributed by atoms with Crippen molar-refractivity contribution < 1.29 is 9.53 Å². The predicted molar refractivity (Wildman–Crippen MR) is 45.7 cm³/mol. The molecule has 1 aliphatic heterocycles. The molecule has 58 valence electrons. The molecule has 1 saturated heterocycles. The number of cyclic esters (lactones) is 1. The van der Waals surface area contributed by atoms with Crippen molar-refractivity contribution in [3.63, 3.8) is 0 Å². The number of hydrogen-bond acceptors (Lipinski definition) is 4. The quantitative estimate of drug-likeness (QED) is 0.483. The third kappa shape index (κ3) is 1.61. The van der Waals surface area contributed by atoms with Crippen LogP contribution in [0.25, 0.3) is 0 Å². The standard InChI is InChI=1S/C6H10O2S2/c7-6-4(2-9)1-5(3-10)8-6/h4-5,9-10H,1-3H2/t4-,5-/m0/s1. The van der Waals surface area contributed by atoms with E-state index in [9.17, 15) is 4.79 Å². The fourth-order valence-electron chi connectivity index (χ4n) is 0.983. The lowest BCUT2D eigenvalue weighted by molar-refractivity contribution is -0.143. The molecule has 2 nitrogen and oxygen atoms in total. The Morgan fingerprint density at radius 3 is 2.50 bits per heavy atom. The minimum absolute atomic E-state index is 0.000448. The number of carbonyl (C=O) groups excluding carboxylic acids is 1. The second-order valence-corrected chi connectivity index (χ2v) is 3.09. The molecule has 0 aromatic rings. The Morgan fingerprint density at radius 1 is 1.50 bits per heavy atom. The Bertz CT molecular complexity index is 138. The van der Waals surface area contributed by atoms with Crippen molar-refractivity contribution in [3.05, 3.63) is 0 Å². The van der Waals surface area contributed by atoms with Crippen LogP contribution in [0.3, 0.4) is 0 Å². The first-order valence-electron chi connectivity index (χ1n) is 3.20. The molecule has 10 heavy (non-hydrogen) atoms. The van der Waals surface area contributed by atoms with Gasteiger partial charge in [0.15, 0.2) is 0 Å². The lowest BCUT2D eigenvalue weighted by Crippen LogP contribution is -2.08. The first-order chi connectivity index (χ1) is 4.77. The topological polar surface area (TPSA) is 26.3 Å². The van der Waals surface area contributed by atoms with Crippen LogP contribution in [0.5, 0.6) is 0 Å². The normalized spacial score (nSPS) is 32.4. The number of carbonyl (C=O) groups is 1. The van der Waals surface area contributed by atoms with Crippen molar-refractivity contribution in [3.8, 4) is 0 Å². The van der Waals surface area contributed by atoms with E-state index in [4.69, 9.17) is 4.74 Å². The van der Waals surface area contributed by atoms with E-state index in [1.165, 1.54) is 0 Å². The smallest absolute Gasteiger partial charge is 0.310 e. The van der Waals surface area contributed by atoms with Crippen LogP contribution in [0, 0.1) is 5.92 Å². The maximum Gasteiger partial charge on any atom is 0.310 e. The zero-order valence-electron chi connectivity index (χ0n) is 5.49. The van der Waals surface area contributed by atoms with Gasteiger partial charge in [-0.05, 0) is 6.42 Å². The highest BCUT2D eigenvalue weighted by atomic mass is 32.1. The molecule has 0 spiro atoms. The monoisotopic (exact) mass is 178 g/mol. The second-order valence-electron chi connectivity index (χ2n) is 2.36. The Labute approximate surface area is 71.1 Å². The lowest BCUT2D eigenvalue weighted by Gasteiger charge is -2.01. The zero-order valence-corrected chi connectivity index (χ0v) is 7.28. The predicted octanol–water partition coefficient (Wildman–Crippen LogP) is 0.778. The lowest BCUT2D eigenvalue weighted by atomic mass is 10.1. The van der Waals surface area contributed by atoms with Gasteiger partial charge in [0.05, 0.1) is 5.92 Å². The van der Waals surface area contributed by atoms with Crippen molar-refractivity contribution in [1.82, 2.24) is 0 Å². The summed E-state index contributed by atoms with van der Waals surface area (Å²) in [5, 5.41) is 0. The molecule has 4 heteroatoms. The Kier molecular flexibility index (Phi) is 2.92. The molecule has 0 amide bonds. The van der Waals surface area contributed by atoms with Crippen LogP contribution in [-0.2, 0) is 9.53 Å². The van der Waals surface area contributed by atoms with Crippen molar-refractivity contribution in [2.24, 2.45) is 5.92 Å². The minimum Gasteiger partial charge on any atom is -0.461 e. The molecular formula is C6H10O2S2. The van der Waals surface area contributed by atoms with Crippen molar-refractivity contribution in [2.75, 3.05) is 11.5 Å². The molecule has 0 unspecified atom stereocenters. The van der Waals surface area contributed by atoms with E-state index in [1.807, 2.05) is 0 Å². The van der Waals surface area contributed by atoms with Crippen LogP contribution in [0.4, 0.5) is 0 Å². The summed E-state index contributed by atoms with van der Waals surface area (Å²) in [5.41, 5.74) is 0. The molecule has 0 aromatic carbocycles. The SMILES string of the molecule is O=C1O[C@H](CS)C[C@H]1CS. The molecule has 2 atom stereocenters. The average molecular weight is 178 g/mol. The number of esters is 1. The van der Waals surface area contributed by atoms with Gasteiger partial charge < -0.3 is 4.74 Å². The third-order valence-electron chi connectivity index (χ3n) is 1.59. The van der Waals surface area contributed by atoms with Gasteiger partial charge in [-0.1, -0.05) is 0 Å². The average Bonchev–Trinajstić information content (AvgIpc) is 2.30. The molecule has 1 fully saturated rings. The van der Waals surface area contributed by atoms with Crippen molar-refractivity contribution in [1.29, 1.82) is 0 Å². The van der Waals surface area contributed by atoms with Gasteiger partial charge in [0.2, 0.25) is 0 Å². The van der Waals surface area contributed by atoms with Gasteiger partial charge in [0.25, 0.3) is 0 Å². The second kappa shape index (κ2) is 3.53. The van der Waals surface area contributed by atoms with Gasteiger partial charge in [0.1, 0.15) is 6.10 Å². The highest BCUT2D eigenvalue weighted by molar-refractivity contribution is 7.80. The summed E-state index contributed by atoms with van der Waals surface area (Å²) in [6.07, 6.45) is 0.805. The Morgan fingerprint density at radius 2 is 2.20 bits per heavy atom. The molecule has 0 radical (unpaired) electrons. The van der Waals surface area contributed by atoms with E-state index in [0.717, 1.165) is 6.42 Å². The number of thiol groups is 2. The van der Waals surface area contributed by atoms with Gasteiger partial charge in [-0.3, -0.25) is 4.79 Å². The summed E-state index contributed by atoms with van der Waals surface area (Å²) in [6.45, 7) is 0. The van der Waals surface area contributed by atoms with E-state index in [-0.39, 0.29) is 18.0 Å². The highest BCUT2D eigenvalue weighted by Crippen LogP contribution is 2.22. The van der Waals surface area contributed by atoms with Crippen LogP contribution in [0.15, 0.2) is 0 Å². The first-order valence-corrected chi connectivity index (χ1v) is 4.46. The number of rotatable bonds is 2. The Balaban J connectivity index is 2.44. The highest BCUT2D eigenvalue weighted by Gasteiger charge is 2.32. The fourth-order valence-corrected chi connectivity index (χ4v) is 1.50. The molecule has 0 N–H and O–H groups in total. The molecule has 0 aliphatic carbocycles. The van der Waals surface area contributed by atoms with E-state index in [0.29, 0.717) is 11.5 Å². The molecule has 1 aliphatic rings. The summed E-state index contributed by atoms with van der Waals surface area (Å²) in [5.74, 6) is 1.09. The summed E-state index contributed by atoms with van der Waals surface area (Å²) in [4.78, 5) is 10.9.